The Hall–Kier alpha value is -1.63. The van der Waals surface area contributed by atoms with E-state index in [1.165, 1.54) is 24.0 Å². The fraction of sp³-hybridized carbons (Fsp3) is 0.381. The molecule has 142 valence electrons. The van der Waals surface area contributed by atoms with Crippen molar-refractivity contribution >= 4 is 43.4 Å². The first-order valence-electron chi connectivity index (χ1n) is 9.45. The third-order valence-electron chi connectivity index (χ3n) is 5.17. The molecule has 2 aromatic heterocycles. The van der Waals surface area contributed by atoms with Gasteiger partial charge in [0.25, 0.3) is 5.91 Å². The zero-order valence-corrected chi connectivity index (χ0v) is 17.9. The van der Waals surface area contributed by atoms with Gasteiger partial charge in [0.15, 0.2) is 0 Å². The van der Waals surface area contributed by atoms with Crippen molar-refractivity contribution in [1.29, 1.82) is 0 Å². The standard InChI is InChI=1S/C21H24BrN3OS/c1-15-4-6-16(7-5-15)14-25-17-13-20(22)27-19(17)12-18(25)21(26)23-8-11-24-9-2-3-10-24/h4-7,12-13H,2-3,8-11,14H2,1H3,(H,23,26). The Morgan fingerprint density at radius 3 is 2.67 bits per heavy atom. The molecule has 0 unspecified atom stereocenters. The first-order chi connectivity index (χ1) is 13.1. The largest absolute Gasteiger partial charge is 0.349 e. The summed E-state index contributed by atoms with van der Waals surface area (Å²) >= 11 is 5.24. The molecule has 1 saturated heterocycles. The number of thiophene rings is 1. The lowest BCUT2D eigenvalue weighted by molar-refractivity contribution is 0.0941. The Balaban J connectivity index is 1.54. The van der Waals surface area contributed by atoms with Crippen LogP contribution in [0.5, 0.6) is 0 Å². The van der Waals surface area contributed by atoms with Gasteiger partial charge in [0, 0.05) is 19.6 Å². The average Bonchev–Trinajstić information content (AvgIpc) is 3.35. The number of rotatable bonds is 6. The molecule has 0 aliphatic carbocycles. The van der Waals surface area contributed by atoms with E-state index in [4.69, 9.17) is 0 Å². The molecule has 0 bridgehead atoms. The second kappa shape index (κ2) is 8.17. The van der Waals surface area contributed by atoms with E-state index in [1.807, 2.05) is 6.07 Å². The lowest BCUT2D eigenvalue weighted by Crippen LogP contribution is -2.34. The molecule has 1 fully saturated rings. The average molecular weight is 446 g/mol. The van der Waals surface area contributed by atoms with Gasteiger partial charge in [-0.3, -0.25) is 4.79 Å². The highest BCUT2D eigenvalue weighted by atomic mass is 79.9. The molecule has 1 aliphatic rings. The molecule has 1 aliphatic heterocycles. The van der Waals surface area contributed by atoms with Gasteiger partial charge in [-0.15, -0.1) is 11.3 Å². The van der Waals surface area contributed by atoms with E-state index in [0.717, 1.165) is 39.3 Å². The number of aromatic nitrogens is 1. The first-order valence-corrected chi connectivity index (χ1v) is 11.1. The molecule has 1 amide bonds. The molecule has 27 heavy (non-hydrogen) atoms. The van der Waals surface area contributed by atoms with Gasteiger partial charge in [0.2, 0.25) is 0 Å². The van der Waals surface area contributed by atoms with Gasteiger partial charge in [-0.2, -0.15) is 0 Å². The number of nitrogens with zero attached hydrogens (tertiary/aromatic N) is 2. The van der Waals surface area contributed by atoms with Crippen LogP contribution in [0.4, 0.5) is 0 Å². The van der Waals surface area contributed by atoms with Crippen molar-refractivity contribution < 1.29 is 4.79 Å². The van der Waals surface area contributed by atoms with E-state index in [0.29, 0.717) is 13.1 Å². The summed E-state index contributed by atoms with van der Waals surface area (Å²) in [6, 6.07) is 12.6. The predicted octanol–water partition coefficient (Wildman–Crippen LogP) is 4.65. The van der Waals surface area contributed by atoms with Crippen molar-refractivity contribution in [3.05, 3.63) is 57.0 Å². The monoisotopic (exact) mass is 445 g/mol. The van der Waals surface area contributed by atoms with Gasteiger partial charge in [0.1, 0.15) is 5.69 Å². The predicted molar refractivity (Wildman–Crippen MR) is 116 cm³/mol. The molecular weight excluding hydrogens is 422 g/mol. The number of hydrogen-bond donors (Lipinski definition) is 1. The van der Waals surface area contributed by atoms with Crippen molar-refractivity contribution in [2.75, 3.05) is 26.2 Å². The van der Waals surface area contributed by atoms with E-state index in [-0.39, 0.29) is 5.91 Å². The zero-order valence-electron chi connectivity index (χ0n) is 15.5. The molecule has 0 spiro atoms. The van der Waals surface area contributed by atoms with Crippen molar-refractivity contribution in [1.82, 2.24) is 14.8 Å². The fourth-order valence-electron chi connectivity index (χ4n) is 3.67. The smallest absolute Gasteiger partial charge is 0.268 e. The first kappa shape index (κ1) is 18.7. The number of carbonyl (C=O) groups excluding carboxylic acids is 1. The van der Waals surface area contributed by atoms with Crippen LogP contribution in [0.15, 0.2) is 40.2 Å². The van der Waals surface area contributed by atoms with Crippen LogP contribution in [0, 0.1) is 6.92 Å². The van der Waals surface area contributed by atoms with Gasteiger partial charge in [0.05, 0.1) is 14.0 Å². The summed E-state index contributed by atoms with van der Waals surface area (Å²) < 4.78 is 4.36. The second-order valence-electron chi connectivity index (χ2n) is 7.21. The molecule has 3 aromatic rings. The Labute approximate surface area is 172 Å². The highest BCUT2D eigenvalue weighted by molar-refractivity contribution is 9.11. The molecule has 4 rings (SSSR count). The molecule has 1 N–H and O–H groups in total. The van der Waals surface area contributed by atoms with Crippen LogP contribution in [-0.4, -0.2) is 41.6 Å². The molecule has 0 saturated carbocycles. The molecular formula is C21H24BrN3OS. The van der Waals surface area contributed by atoms with Crippen molar-refractivity contribution in [3.63, 3.8) is 0 Å². The van der Waals surface area contributed by atoms with Gasteiger partial charge < -0.3 is 14.8 Å². The summed E-state index contributed by atoms with van der Waals surface area (Å²) in [6.07, 6.45) is 2.55. The van der Waals surface area contributed by atoms with Crippen molar-refractivity contribution in [2.45, 2.75) is 26.3 Å². The summed E-state index contributed by atoms with van der Waals surface area (Å²) in [7, 11) is 0. The van der Waals surface area contributed by atoms with Gasteiger partial charge in [-0.1, -0.05) is 29.8 Å². The van der Waals surface area contributed by atoms with E-state index in [2.05, 4.69) is 68.0 Å². The minimum Gasteiger partial charge on any atom is -0.349 e. The van der Waals surface area contributed by atoms with Crippen LogP contribution >= 0.6 is 27.3 Å². The van der Waals surface area contributed by atoms with Gasteiger partial charge >= 0.3 is 0 Å². The lowest BCUT2D eigenvalue weighted by atomic mass is 10.1. The topological polar surface area (TPSA) is 37.3 Å². The molecule has 6 heteroatoms. The summed E-state index contributed by atoms with van der Waals surface area (Å²) in [5.41, 5.74) is 4.30. The lowest BCUT2D eigenvalue weighted by Gasteiger charge is -2.15. The Morgan fingerprint density at radius 2 is 1.93 bits per heavy atom. The van der Waals surface area contributed by atoms with E-state index < -0.39 is 0 Å². The Bertz CT molecular complexity index is 938. The Morgan fingerprint density at radius 1 is 1.19 bits per heavy atom. The van der Waals surface area contributed by atoms with Crippen molar-refractivity contribution in [3.8, 4) is 0 Å². The number of hydrogen-bond acceptors (Lipinski definition) is 3. The number of aryl methyl sites for hydroxylation is 1. The van der Waals surface area contributed by atoms with E-state index in [1.54, 1.807) is 11.3 Å². The molecule has 1 aromatic carbocycles. The highest BCUT2D eigenvalue weighted by Gasteiger charge is 2.18. The Kier molecular flexibility index (Phi) is 5.66. The SMILES string of the molecule is Cc1ccc(Cn2c(C(=O)NCCN3CCCC3)cc3sc(Br)cc32)cc1. The summed E-state index contributed by atoms with van der Waals surface area (Å²) in [5, 5.41) is 3.12. The number of benzene rings is 1. The van der Waals surface area contributed by atoms with Crippen LogP contribution in [0.3, 0.4) is 0 Å². The number of amides is 1. The minimum atomic E-state index is 0.0147. The van der Waals surface area contributed by atoms with Crippen molar-refractivity contribution in [2.24, 2.45) is 0 Å². The number of fused-ring (bicyclic) bond motifs is 1. The third kappa shape index (κ3) is 4.28. The number of nitrogens with one attached hydrogen (secondary N) is 1. The van der Waals surface area contributed by atoms with Crippen LogP contribution in [0.2, 0.25) is 0 Å². The van der Waals surface area contributed by atoms with Gasteiger partial charge in [-0.25, -0.2) is 0 Å². The number of carbonyl (C=O) groups is 1. The van der Waals surface area contributed by atoms with Gasteiger partial charge in [-0.05, 0) is 66.5 Å². The maximum atomic E-state index is 12.9. The minimum absolute atomic E-state index is 0.0147. The van der Waals surface area contributed by atoms with Crippen LogP contribution < -0.4 is 5.32 Å². The third-order valence-corrected chi connectivity index (χ3v) is 6.74. The molecule has 3 heterocycles. The molecule has 0 radical (unpaired) electrons. The second-order valence-corrected chi connectivity index (χ2v) is 9.67. The maximum absolute atomic E-state index is 12.9. The molecule has 0 atom stereocenters. The van der Waals surface area contributed by atoms with Crippen LogP contribution in [0.25, 0.3) is 10.2 Å². The molecule has 4 nitrogen and oxygen atoms in total. The maximum Gasteiger partial charge on any atom is 0.268 e. The van der Waals surface area contributed by atoms with Crippen LogP contribution in [-0.2, 0) is 6.54 Å². The number of halogens is 1. The number of likely N-dealkylation sites (tertiary alicyclic amines) is 1. The van der Waals surface area contributed by atoms with E-state index >= 15 is 0 Å². The summed E-state index contributed by atoms with van der Waals surface area (Å²) in [6.45, 7) is 6.73. The zero-order chi connectivity index (χ0) is 18.8. The fourth-order valence-corrected chi connectivity index (χ4v) is 5.24. The summed E-state index contributed by atoms with van der Waals surface area (Å²) in [4.78, 5) is 15.3. The van der Waals surface area contributed by atoms with Crippen LogP contribution in [0.1, 0.15) is 34.5 Å². The highest BCUT2D eigenvalue weighted by Crippen LogP contribution is 2.33. The quantitative estimate of drug-likeness (QED) is 0.599. The van der Waals surface area contributed by atoms with E-state index in [9.17, 15) is 4.79 Å². The summed E-state index contributed by atoms with van der Waals surface area (Å²) in [5.74, 6) is 0.0147. The normalized spacial score (nSPS) is 14.9.